The molecule has 0 radical (unpaired) electrons. The van der Waals surface area contributed by atoms with Gasteiger partial charge in [0.25, 0.3) is 11.8 Å². The lowest BCUT2D eigenvalue weighted by Gasteiger charge is -2.41. The predicted octanol–water partition coefficient (Wildman–Crippen LogP) is 3.25. The van der Waals surface area contributed by atoms with E-state index in [9.17, 15) is 9.59 Å². The Morgan fingerprint density at radius 2 is 1.83 bits per heavy atom. The van der Waals surface area contributed by atoms with Gasteiger partial charge in [0.2, 0.25) is 5.95 Å². The van der Waals surface area contributed by atoms with Crippen molar-refractivity contribution in [2.24, 2.45) is 4.99 Å². The highest BCUT2D eigenvalue weighted by Gasteiger charge is 2.45. The van der Waals surface area contributed by atoms with Crippen molar-refractivity contribution in [3.05, 3.63) is 66.1 Å². The third kappa shape index (κ3) is 3.84. The normalized spacial score (nSPS) is 19.9. The second-order valence-electron chi connectivity index (χ2n) is 7.52. The van der Waals surface area contributed by atoms with Crippen molar-refractivity contribution in [1.29, 1.82) is 0 Å². The van der Waals surface area contributed by atoms with Crippen LogP contribution >= 0.6 is 0 Å². The second-order valence-corrected chi connectivity index (χ2v) is 7.52. The largest absolute Gasteiger partial charge is 0.324 e. The lowest BCUT2D eigenvalue weighted by Crippen LogP contribution is -2.58. The lowest BCUT2D eigenvalue weighted by molar-refractivity contribution is -0.130. The van der Waals surface area contributed by atoms with Gasteiger partial charge in [-0.15, -0.1) is 0 Å². The van der Waals surface area contributed by atoms with Gasteiger partial charge < -0.3 is 15.5 Å². The molecule has 1 atom stereocenters. The van der Waals surface area contributed by atoms with Crippen LogP contribution in [0.25, 0.3) is 0 Å². The molecule has 0 saturated carbocycles. The highest BCUT2D eigenvalue weighted by atomic mass is 16.2. The molecule has 8 nitrogen and oxygen atoms in total. The van der Waals surface area contributed by atoms with Crippen molar-refractivity contribution in [3.63, 3.8) is 0 Å². The summed E-state index contributed by atoms with van der Waals surface area (Å²) in [6.07, 6.45) is 7.08. The van der Waals surface area contributed by atoms with Gasteiger partial charge in [-0.05, 0) is 57.2 Å². The number of hydrogen-bond acceptors (Lipinski definition) is 6. The quantitative estimate of drug-likeness (QED) is 0.814. The molecule has 8 heteroatoms. The van der Waals surface area contributed by atoms with Gasteiger partial charge in [-0.25, -0.2) is 9.97 Å². The van der Waals surface area contributed by atoms with Crippen molar-refractivity contribution < 1.29 is 9.59 Å². The maximum atomic E-state index is 13.2. The molecule has 2 N–H and O–H groups in total. The Kier molecular flexibility index (Phi) is 4.91. The Morgan fingerprint density at radius 1 is 1.10 bits per heavy atom. The van der Waals surface area contributed by atoms with E-state index in [2.05, 4.69) is 25.6 Å². The van der Waals surface area contributed by atoms with Crippen LogP contribution in [0.1, 0.15) is 24.7 Å². The number of amidine groups is 1. The molecule has 2 aliphatic rings. The number of benzene rings is 1. The Bertz CT molecular complexity index is 1100. The molecule has 4 rings (SSSR count). The van der Waals surface area contributed by atoms with Gasteiger partial charge in [0.05, 0.1) is 6.42 Å². The van der Waals surface area contributed by atoms with Crippen LogP contribution in [0.3, 0.4) is 0 Å². The standard InChI is InChI=1S/C22H22N6O2/c1-14-11-15(2)24-21(23-14)26-17-8-6-7-16(12-17)25-20(30)22(3)13-19(29)27-18-9-4-5-10-28(18)22/h4-12H,13H2,1-3H3,(H,25,30)(H,23,24,26). The molecule has 2 aromatic rings. The summed E-state index contributed by atoms with van der Waals surface area (Å²) in [4.78, 5) is 39.8. The predicted molar refractivity (Wildman–Crippen MR) is 115 cm³/mol. The number of allylic oxidation sites excluding steroid dienone is 2. The van der Waals surface area contributed by atoms with E-state index in [0.717, 1.165) is 17.1 Å². The average Bonchev–Trinajstić information content (AvgIpc) is 2.67. The number of anilines is 3. The van der Waals surface area contributed by atoms with Crippen molar-refractivity contribution in [3.8, 4) is 0 Å². The average molecular weight is 402 g/mol. The van der Waals surface area contributed by atoms with Crippen LogP contribution in [-0.2, 0) is 9.59 Å². The maximum absolute atomic E-state index is 13.2. The highest BCUT2D eigenvalue weighted by molar-refractivity contribution is 6.12. The maximum Gasteiger partial charge on any atom is 0.250 e. The zero-order valence-electron chi connectivity index (χ0n) is 17.0. The number of aromatic nitrogens is 2. The molecule has 0 bridgehead atoms. The van der Waals surface area contributed by atoms with Crippen molar-refractivity contribution >= 4 is 35.0 Å². The number of aryl methyl sites for hydroxylation is 2. The van der Waals surface area contributed by atoms with Crippen molar-refractivity contribution in [2.45, 2.75) is 32.7 Å². The van der Waals surface area contributed by atoms with Crippen LogP contribution in [0, 0.1) is 13.8 Å². The topological polar surface area (TPSA) is 99.6 Å². The van der Waals surface area contributed by atoms with Crippen molar-refractivity contribution in [1.82, 2.24) is 14.9 Å². The fourth-order valence-corrected chi connectivity index (χ4v) is 3.53. The summed E-state index contributed by atoms with van der Waals surface area (Å²) in [7, 11) is 0. The first-order chi connectivity index (χ1) is 14.3. The molecule has 152 valence electrons. The minimum absolute atomic E-state index is 0.00510. The van der Waals surface area contributed by atoms with E-state index >= 15 is 0 Å². The van der Waals surface area contributed by atoms with Crippen molar-refractivity contribution in [2.75, 3.05) is 10.6 Å². The fourth-order valence-electron chi connectivity index (χ4n) is 3.53. The van der Waals surface area contributed by atoms with E-state index in [-0.39, 0.29) is 18.2 Å². The SMILES string of the molecule is Cc1cc(C)nc(Nc2cccc(NC(=O)C3(C)CC(=O)N=C4C=CC=CN43)c2)n1. The van der Waals surface area contributed by atoms with Gasteiger partial charge in [-0.3, -0.25) is 9.59 Å². The van der Waals surface area contributed by atoms with Gasteiger partial charge in [-0.1, -0.05) is 12.1 Å². The Balaban J connectivity index is 1.54. The van der Waals surface area contributed by atoms with E-state index < -0.39 is 5.54 Å². The number of nitrogens with one attached hydrogen (secondary N) is 2. The van der Waals surface area contributed by atoms with E-state index in [1.807, 2.05) is 38.1 Å². The van der Waals surface area contributed by atoms with E-state index in [0.29, 0.717) is 17.5 Å². The van der Waals surface area contributed by atoms with E-state index in [1.165, 1.54) is 0 Å². The molecular formula is C22H22N6O2. The van der Waals surface area contributed by atoms with Crippen LogP contribution < -0.4 is 10.6 Å². The number of carbonyl (C=O) groups excluding carboxylic acids is 2. The zero-order chi connectivity index (χ0) is 21.3. The van der Waals surface area contributed by atoms with Crippen LogP contribution in [0.2, 0.25) is 0 Å². The molecule has 0 spiro atoms. The summed E-state index contributed by atoms with van der Waals surface area (Å²) in [6.45, 7) is 5.55. The van der Waals surface area contributed by atoms with Gasteiger partial charge in [0.1, 0.15) is 11.4 Å². The number of amides is 2. The summed E-state index contributed by atoms with van der Waals surface area (Å²) < 4.78 is 0. The molecule has 2 aliphatic heterocycles. The van der Waals surface area contributed by atoms with Crippen LogP contribution in [-0.4, -0.2) is 38.1 Å². The molecule has 0 fully saturated rings. The minimum atomic E-state index is -1.07. The van der Waals surface area contributed by atoms with Crippen LogP contribution in [0.15, 0.2) is 59.8 Å². The summed E-state index contributed by atoms with van der Waals surface area (Å²) in [5.74, 6) is 0.352. The molecule has 1 aromatic carbocycles. The first kappa shape index (κ1) is 19.5. The number of carbonyl (C=O) groups is 2. The molecule has 0 saturated heterocycles. The summed E-state index contributed by atoms with van der Waals surface area (Å²) in [5, 5.41) is 6.09. The molecule has 2 amide bonds. The Labute approximate surface area is 174 Å². The molecule has 30 heavy (non-hydrogen) atoms. The molecule has 0 aliphatic carbocycles. The van der Waals surface area contributed by atoms with E-state index in [1.54, 1.807) is 42.3 Å². The molecule has 1 aromatic heterocycles. The molecule has 1 unspecified atom stereocenters. The number of aliphatic imine (C=N–C) groups is 1. The third-order valence-electron chi connectivity index (χ3n) is 4.95. The van der Waals surface area contributed by atoms with Gasteiger partial charge in [0.15, 0.2) is 0 Å². The van der Waals surface area contributed by atoms with Gasteiger partial charge >= 0.3 is 0 Å². The van der Waals surface area contributed by atoms with Crippen LogP contribution in [0.5, 0.6) is 0 Å². The summed E-state index contributed by atoms with van der Waals surface area (Å²) in [5.41, 5.74) is 2.00. The molecule has 3 heterocycles. The summed E-state index contributed by atoms with van der Waals surface area (Å²) in [6, 6.07) is 9.18. The Hall–Kier alpha value is -3.81. The number of nitrogens with zero attached hydrogens (tertiary/aromatic N) is 4. The third-order valence-corrected chi connectivity index (χ3v) is 4.95. The number of hydrogen-bond donors (Lipinski definition) is 2. The number of fused-ring (bicyclic) bond motifs is 1. The van der Waals surface area contributed by atoms with Gasteiger partial charge in [-0.2, -0.15) is 4.99 Å². The lowest BCUT2D eigenvalue weighted by atomic mass is 9.91. The summed E-state index contributed by atoms with van der Waals surface area (Å²) >= 11 is 0. The molecular weight excluding hydrogens is 380 g/mol. The second kappa shape index (κ2) is 7.55. The fraction of sp³-hybridized carbons (Fsp3) is 0.227. The highest BCUT2D eigenvalue weighted by Crippen LogP contribution is 2.30. The Morgan fingerprint density at radius 3 is 2.60 bits per heavy atom. The van der Waals surface area contributed by atoms with E-state index in [4.69, 9.17) is 0 Å². The first-order valence-electron chi connectivity index (χ1n) is 9.60. The zero-order valence-corrected chi connectivity index (χ0v) is 17.0. The smallest absolute Gasteiger partial charge is 0.250 e. The van der Waals surface area contributed by atoms with Crippen LogP contribution in [0.4, 0.5) is 17.3 Å². The van der Waals surface area contributed by atoms with Gasteiger partial charge in [0, 0.05) is 29.0 Å². The first-order valence-corrected chi connectivity index (χ1v) is 9.60. The minimum Gasteiger partial charge on any atom is -0.324 e. The monoisotopic (exact) mass is 402 g/mol. The number of rotatable bonds is 4.